The number of hydrogen-bond acceptors (Lipinski definition) is 6. The van der Waals surface area contributed by atoms with Crippen molar-refractivity contribution in [1.82, 2.24) is 10.0 Å². The summed E-state index contributed by atoms with van der Waals surface area (Å²) in [6.07, 6.45) is 0.637. The Morgan fingerprint density at radius 2 is 1.59 bits per heavy atom. The van der Waals surface area contributed by atoms with Crippen molar-refractivity contribution < 1.29 is 27.5 Å². The number of carbonyl (C=O) groups is 3. The molecule has 154 valence electrons. The van der Waals surface area contributed by atoms with Gasteiger partial charge in [-0.05, 0) is 49.7 Å². The number of sulfonamides is 1. The fourth-order valence-corrected chi connectivity index (χ4v) is 3.55. The van der Waals surface area contributed by atoms with E-state index in [1.54, 1.807) is 37.3 Å². The normalized spacial score (nSPS) is 12.1. The lowest BCUT2D eigenvalue weighted by molar-refractivity contribution is -0.123. The smallest absolute Gasteiger partial charge is 0.338 e. The molecule has 0 aliphatic heterocycles. The predicted molar refractivity (Wildman–Crippen MR) is 106 cm³/mol. The van der Waals surface area contributed by atoms with E-state index < -0.39 is 34.4 Å². The minimum atomic E-state index is -3.68. The van der Waals surface area contributed by atoms with Gasteiger partial charge < -0.3 is 4.74 Å². The Morgan fingerprint density at radius 1 is 0.966 bits per heavy atom. The Balaban J connectivity index is 1.91. The average molecular weight is 418 g/mol. The molecule has 2 aromatic rings. The fraction of sp³-hybridized carbons (Fsp3) is 0.250. The standard InChI is InChI=1S/C20H22N2O6S/c1-3-14(2)22-29(26,27)17-11-9-16(10-12-17)20(25)28-13-18(23)21-19(24)15-7-5-4-6-8-15/h4-12,14,22H,3,13H2,1-2H3,(H,21,23,24). The van der Waals surface area contributed by atoms with Gasteiger partial charge in [0.2, 0.25) is 10.0 Å². The molecule has 1 unspecified atom stereocenters. The van der Waals surface area contributed by atoms with Crippen LogP contribution in [0.3, 0.4) is 0 Å². The molecule has 0 aliphatic rings. The summed E-state index contributed by atoms with van der Waals surface area (Å²) in [5.74, 6) is -2.19. The molecule has 2 N–H and O–H groups in total. The van der Waals surface area contributed by atoms with Gasteiger partial charge in [0.1, 0.15) is 0 Å². The number of benzene rings is 2. The third-order valence-electron chi connectivity index (χ3n) is 3.99. The van der Waals surface area contributed by atoms with Crippen LogP contribution in [-0.2, 0) is 19.6 Å². The van der Waals surface area contributed by atoms with Crippen molar-refractivity contribution >= 4 is 27.8 Å². The van der Waals surface area contributed by atoms with E-state index in [0.717, 1.165) is 0 Å². The van der Waals surface area contributed by atoms with Crippen LogP contribution in [0.2, 0.25) is 0 Å². The first-order chi connectivity index (χ1) is 13.7. The van der Waals surface area contributed by atoms with Gasteiger partial charge in [0, 0.05) is 11.6 Å². The molecular weight excluding hydrogens is 396 g/mol. The molecule has 9 heteroatoms. The van der Waals surface area contributed by atoms with E-state index in [9.17, 15) is 22.8 Å². The maximum absolute atomic E-state index is 12.2. The molecule has 0 fully saturated rings. The van der Waals surface area contributed by atoms with Crippen molar-refractivity contribution in [2.75, 3.05) is 6.61 Å². The van der Waals surface area contributed by atoms with Crippen LogP contribution in [-0.4, -0.2) is 38.9 Å². The molecule has 0 radical (unpaired) electrons. The molecule has 2 amide bonds. The van der Waals surface area contributed by atoms with Gasteiger partial charge >= 0.3 is 5.97 Å². The first-order valence-corrected chi connectivity index (χ1v) is 10.4. The van der Waals surface area contributed by atoms with Gasteiger partial charge in [-0.2, -0.15) is 0 Å². The molecule has 8 nitrogen and oxygen atoms in total. The summed E-state index contributed by atoms with van der Waals surface area (Å²) in [6.45, 7) is 2.96. The number of carbonyl (C=O) groups excluding carboxylic acids is 3. The molecule has 0 heterocycles. The van der Waals surface area contributed by atoms with E-state index in [-0.39, 0.29) is 16.5 Å². The monoisotopic (exact) mass is 418 g/mol. The Labute approximate surface area is 169 Å². The number of hydrogen-bond donors (Lipinski definition) is 2. The van der Waals surface area contributed by atoms with Gasteiger partial charge in [-0.1, -0.05) is 25.1 Å². The first-order valence-electron chi connectivity index (χ1n) is 8.91. The zero-order valence-electron chi connectivity index (χ0n) is 16.0. The maximum atomic E-state index is 12.2. The van der Waals surface area contributed by atoms with Gasteiger partial charge in [-0.3, -0.25) is 14.9 Å². The maximum Gasteiger partial charge on any atom is 0.338 e. The van der Waals surface area contributed by atoms with Crippen molar-refractivity contribution in [2.45, 2.75) is 31.2 Å². The quantitative estimate of drug-likeness (QED) is 0.632. The van der Waals surface area contributed by atoms with Crippen molar-refractivity contribution in [2.24, 2.45) is 0 Å². The third kappa shape index (κ3) is 6.51. The fourth-order valence-electron chi connectivity index (χ4n) is 2.23. The topological polar surface area (TPSA) is 119 Å². The van der Waals surface area contributed by atoms with Gasteiger partial charge in [-0.25, -0.2) is 17.9 Å². The molecule has 0 aromatic heterocycles. The number of ether oxygens (including phenoxy) is 1. The second-order valence-electron chi connectivity index (χ2n) is 6.27. The summed E-state index contributed by atoms with van der Waals surface area (Å²) in [4.78, 5) is 35.7. The molecule has 2 aromatic carbocycles. The second-order valence-corrected chi connectivity index (χ2v) is 7.99. The van der Waals surface area contributed by atoms with Gasteiger partial charge in [0.15, 0.2) is 6.61 Å². The molecular formula is C20H22N2O6S. The zero-order chi connectivity index (χ0) is 21.4. The van der Waals surface area contributed by atoms with E-state index in [2.05, 4.69) is 10.0 Å². The minimum Gasteiger partial charge on any atom is -0.452 e. The lowest BCUT2D eigenvalue weighted by Crippen LogP contribution is -2.34. The van der Waals surface area contributed by atoms with Crippen LogP contribution in [0.1, 0.15) is 41.0 Å². The first kappa shape index (κ1) is 22.3. The lowest BCUT2D eigenvalue weighted by Gasteiger charge is -2.12. The van der Waals surface area contributed by atoms with Crippen molar-refractivity contribution in [1.29, 1.82) is 0 Å². The lowest BCUT2D eigenvalue weighted by atomic mass is 10.2. The Bertz CT molecular complexity index is 972. The summed E-state index contributed by atoms with van der Waals surface area (Å²) in [6, 6.07) is 13.0. The summed E-state index contributed by atoms with van der Waals surface area (Å²) in [7, 11) is -3.68. The summed E-state index contributed by atoms with van der Waals surface area (Å²) >= 11 is 0. The highest BCUT2D eigenvalue weighted by Gasteiger charge is 2.18. The van der Waals surface area contributed by atoms with Crippen molar-refractivity contribution in [3.8, 4) is 0 Å². The minimum absolute atomic E-state index is 0.0144. The molecule has 2 rings (SSSR count). The molecule has 0 aliphatic carbocycles. The molecule has 0 bridgehead atoms. The number of rotatable bonds is 8. The summed E-state index contributed by atoms with van der Waals surface area (Å²) in [5.41, 5.74) is 0.379. The number of imide groups is 1. The highest BCUT2D eigenvalue weighted by Crippen LogP contribution is 2.12. The highest BCUT2D eigenvalue weighted by atomic mass is 32.2. The van der Waals surface area contributed by atoms with Crippen molar-refractivity contribution in [3.63, 3.8) is 0 Å². The average Bonchev–Trinajstić information content (AvgIpc) is 2.72. The Morgan fingerprint density at radius 3 is 2.17 bits per heavy atom. The largest absolute Gasteiger partial charge is 0.452 e. The van der Waals surface area contributed by atoms with E-state index in [0.29, 0.717) is 12.0 Å². The third-order valence-corrected chi connectivity index (χ3v) is 5.60. The van der Waals surface area contributed by atoms with E-state index in [1.165, 1.54) is 24.3 Å². The van der Waals surface area contributed by atoms with Crippen LogP contribution in [0, 0.1) is 0 Å². The number of esters is 1. The molecule has 0 spiro atoms. The molecule has 29 heavy (non-hydrogen) atoms. The van der Waals surface area contributed by atoms with Crippen LogP contribution in [0.15, 0.2) is 59.5 Å². The van der Waals surface area contributed by atoms with Gasteiger partial charge in [0.05, 0.1) is 10.5 Å². The van der Waals surface area contributed by atoms with Crippen LogP contribution in [0.4, 0.5) is 0 Å². The molecule has 0 saturated carbocycles. The van der Waals surface area contributed by atoms with Gasteiger partial charge in [0.25, 0.3) is 11.8 Å². The van der Waals surface area contributed by atoms with Crippen LogP contribution in [0.25, 0.3) is 0 Å². The summed E-state index contributed by atoms with van der Waals surface area (Å²) < 4.78 is 31.8. The van der Waals surface area contributed by atoms with Gasteiger partial charge in [-0.15, -0.1) is 0 Å². The van der Waals surface area contributed by atoms with Crippen LogP contribution >= 0.6 is 0 Å². The zero-order valence-corrected chi connectivity index (χ0v) is 16.9. The van der Waals surface area contributed by atoms with E-state index >= 15 is 0 Å². The van der Waals surface area contributed by atoms with Crippen molar-refractivity contribution in [3.05, 3.63) is 65.7 Å². The Kier molecular flexibility index (Phi) is 7.63. The van der Waals surface area contributed by atoms with E-state index in [4.69, 9.17) is 4.74 Å². The second kappa shape index (κ2) is 9.94. The predicted octanol–water partition coefficient (Wildman–Crippen LogP) is 1.88. The van der Waals surface area contributed by atoms with E-state index in [1.807, 2.05) is 6.92 Å². The van der Waals surface area contributed by atoms with Crippen LogP contribution in [0.5, 0.6) is 0 Å². The molecule has 0 saturated heterocycles. The number of nitrogens with one attached hydrogen (secondary N) is 2. The highest BCUT2D eigenvalue weighted by molar-refractivity contribution is 7.89. The number of amides is 2. The molecule has 1 atom stereocenters. The SMILES string of the molecule is CCC(C)NS(=O)(=O)c1ccc(C(=O)OCC(=O)NC(=O)c2ccccc2)cc1. The van der Waals surface area contributed by atoms with Crippen LogP contribution < -0.4 is 10.0 Å². The summed E-state index contributed by atoms with van der Waals surface area (Å²) in [5, 5.41) is 2.11. The Hall–Kier alpha value is -3.04.